The topological polar surface area (TPSA) is 77.5 Å². The van der Waals surface area contributed by atoms with E-state index in [9.17, 15) is 9.59 Å². The zero-order chi connectivity index (χ0) is 19.3. The van der Waals surface area contributed by atoms with Gasteiger partial charge in [0.2, 0.25) is 12.7 Å². The number of hydrogen-bond donors (Lipinski definition) is 1. The van der Waals surface area contributed by atoms with Crippen LogP contribution in [0.5, 0.6) is 11.5 Å². The Labute approximate surface area is 169 Å². The Morgan fingerprint density at radius 3 is 2.79 bits per heavy atom. The third kappa shape index (κ3) is 4.52. The SMILES string of the molecule is O=C(Cc1csc(SCC(=O)c2ccc3c(c2)OCO3)n1)Nc1ccccc1. The average molecular weight is 412 g/mol. The third-order valence-electron chi connectivity index (χ3n) is 3.95. The van der Waals surface area contributed by atoms with Crippen LogP contribution in [0, 0.1) is 0 Å². The van der Waals surface area contributed by atoms with Gasteiger partial charge in [0.25, 0.3) is 0 Å². The Balaban J connectivity index is 1.30. The van der Waals surface area contributed by atoms with E-state index < -0.39 is 0 Å². The van der Waals surface area contributed by atoms with Crippen LogP contribution in [0.15, 0.2) is 58.3 Å². The summed E-state index contributed by atoms with van der Waals surface area (Å²) in [7, 11) is 0. The van der Waals surface area contributed by atoms with Crippen molar-refractivity contribution in [2.75, 3.05) is 17.9 Å². The van der Waals surface area contributed by atoms with Crippen LogP contribution in [0.2, 0.25) is 0 Å². The highest BCUT2D eigenvalue weighted by Gasteiger charge is 2.17. The van der Waals surface area contributed by atoms with Crippen molar-refractivity contribution in [3.05, 3.63) is 65.2 Å². The second kappa shape index (κ2) is 8.45. The van der Waals surface area contributed by atoms with Crippen LogP contribution in [0.4, 0.5) is 5.69 Å². The standard InChI is InChI=1S/C20H16N2O4S2/c23-16(13-6-7-17-18(8-13)26-12-25-17)11-28-20-22-15(10-27-20)9-19(24)21-14-4-2-1-3-5-14/h1-8,10H,9,11-12H2,(H,21,24). The predicted octanol–water partition coefficient (Wildman–Crippen LogP) is 4.03. The molecule has 3 aromatic rings. The number of carbonyl (C=O) groups excluding carboxylic acids is 2. The Morgan fingerprint density at radius 2 is 1.93 bits per heavy atom. The number of ketones is 1. The number of para-hydroxylation sites is 1. The molecule has 28 heavy (non-hydrogen) atoms. The summed E-state index contributed by atoms with van der Waals surface area (Å²) in [6.07, 6.45) is 0.196. The van der Waals surface area contributed by atoms with Crippen LogP contribution >= 0.6 is 23.1 Å². The number of benzene rings is 2. The minimum Gasteiger partial charge on any atom is -0.454 e. The lowest BCUT2D eigenvalue weighted by molar-refractivity contribution is -0.115. The minimum atomic E-state index is -0.121. The molecule has 0 bridgehead atoms. The van der Waals surface area contributed by atoms with Crippen LogP contribution < -0.4 is 14.8 Å². The fourth-order valence-corrected chi connectivity index (χ4v) is 4.35. The monoisotopic (exact) mass is 412 g/mol. The molecule has 1 amide bonds. The first-order valence-electron chi connectivity index (χ1n) is 8.52. The number of hydrogen-bond acceptors (Lipinski definition) is 7. The van der Waals surface area contributed by atoms with Gasteiger partial charge in [-0.15, -0.1) is 11.3 Å². The lowest BCUT2D eigenvalue weighted by Gasteiger charge is -2.03. The highest BCUT2D eigenvalue weighted by atomic mass is 32.2. The van der Waals surface area contributed by atoms with Gasteiger partial charge in [0.15, 0.2) is 21.6 Å². The van der Waals surface area contributed by atoms with Gasteiger partial charge in [-0.1, -0.05) is 30.0 Å². The largest absolute Gasteiger partial charge is 0.454 e. The predicted molar refractivity (Wildman–Crippen MR) is 109 cm³/mol. The van der Waals surface area contributed by atoms with Crippen LogP contribution in [0.3, 0.4) is 0 Å². The molecule has 4 rings (SSSR count). The van der Waals surface area contributed by atoms with E-state index in [4.69, 9.17) is 9.47 Å². The van der Waals surface area contributed by atoms with Crippen LogP contribution in [-0.4, -0.2) is 29.2 Å². The number of carbonyl (C=O) groups is 2. The summed E-state index contributed by atoms with van der Waals surface area (Å²) < 4.78 is 11.3. The molecule has 2 heterocycles. The Hall–Kier alpha value is -2.84. The molecule has 0 saturated carbocycles. The smallest absolute Gasteiger partial charge is 0.231 e. The number of thiazole rings is 1. The summed E-state index contributed by atoms with van der Waals surface area (Å²) >= 11 is 2.79. The molecule has 6 nitrogen and oxygen atoms in total. The second-order valence-electron chi connectivity index (χ2n) is 5.98. The number of aromatic nitrogens is 1. The molecule has 0 saturated heterocycles. The summed E-state index contributed by atoms with van der Waals surface area (Å²) in [5, 5.41) is 4.68. The molecule has 0 spiro atoms. The maximum absolute atomic E-state index is 12.4. The van der Waals surface area contributed by atoms with Gasteiger partial charge in [0, 0.05) is 16.6 Å². The van der Waals surface area contributed by atoms with E-state index in [-0.39, 0.29) is 30.7 Å². The summed E-state index contributed by atoms with van der Waals surface area (Å²) in [4.78, 5) is 28.9. The van der Waals surface area contributed by atoms with Crippen molar-refractivity contribution < 1.29 is 19.1 Å². The van der Waals surface area contributed by atoms with Gasteiger partial charge in [0.05, 0.1) is 17.9 Å². The molecule has 8 heteroatoms. The lowest BCUT2D eigenvalue weighted by atomic mass is 10.1. The quantitative estimate of drug-likeness (QED) is 0.466. The second-order valence-corrected chi connectivity index (χ2v) is 8.06. The maximum Gasteiger partial charge on any atom is 0.231 e. The Bertz CT molecular complexity index is 1000. The molecule has 1 aromatic heterocycles. The molecule has 2 aromatic carbocycles. The number of amides is 1. The Morgan fingerprint density at radius 1 is 1.11 bits per heavy atom. The molecule has 0 radical (unpaired) electrons. The number of anilines is 1. The van der Waals surface area contributed by atoms with E-state index in [1.54, 1.807) is 18.2 Å². The van der Waals surface area contributed by atoms with Gasteiger partial charge in [-0.3, -0.25) is 9.59 Å². The van der Waals surface area contributed by atoms with Crippen LogP contribution in [-0.2, 0) is 11.2 Å². The van der Waals surface area contributed by atoms with Crippen molar-refractivity contribution in [2.45, 2.75) is 10.8 Å². The van der Waals surface area contributed by atoms with Crippen molar-refractivity contribution in [2.24, 2.45) is 0 Å². The normalized spacial score (nSPS) is 12.0. The first kappa shape index (κ1) is 18.5. The Kier molecular flexibility index (Phi) is 5.59. The fraction of sp³-hybridized carbons (Fsp3) is 0.150. The molecule has 1 aliphatic heterocycles. The van der Waals surface area contributed by atoms with E-state index >= 15 is 0 Å². The highest BCUT2D eigenvalue weighted by molar-refractivity contribution is 8.01. The van der Waals surface area contributed by atoms with Gasteiger partial charge in [-0.05, 0) is 30.3 Å². The molecule has 0 unspecified atom stereocenters. The van der Waals surface area contributed by atoms with E-state index in [0.29, 0.717) is 22.8 Å². The number of Topliss-reactive ketones (excluding diaryl/α,β-unsaturated/α-hetero) is 1. The maximum atomic E-state index is 12.4. The van der Waals surface area contributed by atoms with E-state index in [2.05, 4.69) is 10.3 Å². The summed E-state index contributed by atoms with van der Waals surface area (Å²) in [5.41, 5.74) is 2.03. The first-order valence-corrected chi connectivity index (χ1v) is 10.4. The van der Waals surface area contributed by atoms with Gasteiger partial charge < -0.3 is 14.8 Å². The molecular weight excluding hydrogens is 396 g/mol. The molecule has 0 aliphatic carbocycles. The molecule has 0 atom stereocenters. The summed E-state index contributed by atoms with van der Waals surface area (Å²) in [6.45, 7) is 0.182. The van der Waals surface area contributed by atoms with Gasteiger partial charge in [-0.25, -0.2) is 4.98 Å². The van der Waals surface area contributed by atoms with Gasteiger partial charge in [0.1, 0.15) is 0 Å². The fourth-order valence-electron chi connectivity index (χ4n) is 2.61. The number of fused-ring (bicyclic) bond motifs is 1. The average Bonchev–Trinajstić information content (AvgIpc) is 3.35. The lowest BCUT2D eigenvalue weighted by Crippen LogP contribution is -2.14. The molecular formula is C20H16N2O4S2. The van der Waals surface area contributed by atoms with Crippen LogP contribution in [0.1, 0.15) is 16.1 Å². The minimum absolute atomic E-state index is 0.0122. The molecule has 1 aliphatic rings. The number of nitrogens with zero attached hydrogens (tertiary/aromatic N) is 1. The first-order chi connectivity index (χ1) is 13.7. The number of ether oxygens (including phenoxy) is 2. The van der Waals surface area contributed by atoms with Gasteiger partial charge in [-0.2, -0.15) is 0 Å². The van der Waals surface area contributed by atoms with E-state index in [1.165, 1.54) is 23.1 Å². The zero-order valence-corrected chi connectivity index (χ0v) is 16.3. The van der Waals surface area contributed by atoms with Crippen molar-refractivity contribution in [1.29, 1.82) is 0 Å². The van der Waals surface area contributed by atoms with Crippen molar-refractivity contribution in [3.8, 4) is 11.5 Å². The number of rotatable bonds is 7. The zero-order valence-electron chi connectivity index (χ0n) is 14.7. The highest BCUT2D eigenvalue weighted by Crippen LogP contribution is 2.33. The molecule has 0 fully saturated rings. The summed E-state index contributed by atoms with van der Waals surface area (Å²) in [5.74, 6) is 1.38. The van der Waals surface area contributed by atoms with E-state index in [1.807, 2.05) is 35.7 Å². The van der Waals surface area contributed by atoms with Crippen LogP contribution in [0.25, 0.3) is 0 Å². The third-order valence-corrected chi connectivity index (χ3v) is 6.02. The van der Waals surface area contributed by atoms with Crippen molar-refractivity contribution in [1.82, 2.24) is 4.98 Å². The van der Waals surface area contributed by atoms with Gasteiger partial charge >= 0.3 is 0 Å². The van der Waals surface area contributed by atoms with Crippen molar-refractivity contribution in [3.63, 3.8) is 0 Å². The van der Waals surface area contributed by atoms with E-state index in [0.717, 1.165) is 10.0 Å². The number of nitrogens with one attached hydrogen (secondary N) is 1. The molecule has 1 N–H and O–H groups in total. The number of thioether (sulfide) groups is 1. The van der Waals surface area contributed by atoms with Crippen molar-refractivity contribution >= 4 is 40.5 Å². The summed E-state index contributed by atoms with van der Waals surface area (Å²) in [6, 6.07) is 14.5. The molecule has 142 valence electrons.